The van der Waals surface area contributed by atoms with Gasteiger partial charge >= 0.3 is 6.09 Å². The van der Waals surface area contributed by atoms with Crippen molar-refractivity contribution < 1.29 is 14.3 Å². The van der Waals surface area contributed by atoms with E-state index in [9.17, 15) is 9.18 Å². The first-order chi connectivity index (χ1) is 5.12. The molecule has 0 aromatic rings. The Morgan fingerprint density at radius 3 is 2.36 bits per heavy atom. The number of alkyl halides is 1. The first-order valence-electron chi connectivity index (χ1n) is 3.82. The fourth-order valence-corrected chi connectivity index (χ4v) is 1.43. The van der Waals surface area contributed by atoms with E-state index >= 15 is 0 Å². The van der Waals surface area contributed by atoms with Crippen LogP contribution >= 0.6 is 0 Å². The second-order valence-corrected chi connectivity index (χ2v) is 2.96. The quantitative estimate of drug-likeness (QED) is 0.577. The molecular weight excluding hydrogens is 149 g/mol. The summed E-state index contributed by atoms with van der Waals surface area (Å²) in [6.07, 6.45) is 1.92. The predicted octanol–water partition coefficient (Wildman–Crippen LogP) is 1.88. The van der Waals surface area contributed by atoms with E-state index in [2.05, 4.69) is 0 Å². The molecule has 0 heterocycles. The van der Waals surface area contributed by atoms with E-state index in [0.717, 1.165) is 19.3 Å². The predicted molar refractivity (Wildman–Crippen MR) is 38.1 cm³/mol. The van der Waals surface area contributed by atoms with Gasteiger partial charge in [0.25, 0.3) is 0 Å². The molecule has 0 unspecified atom stereocenters. The van der Waals surface area contributed by atoms with Crippen molar-refractivity contribution in [2.24, 2.45) is 0 Å². The summed E-state index contributed by atoms with van der Waals surface area (Å²) in [5.74, 6) is -1.65. The summed E-state index contributed by atoms with van der Waals surface area (Å²) in [6, 6.07) is 0. The zero-order valence-corrected chi connectivity index (χ0v) is 6.27. The van der Waals surface area contributed by atoms with Crippen LogP contribution in [0.2, 0.25) is 0 Å². The Labute approximate surface area is 64.6 Å². The second-order valence-electron chi connectivity index (χ2n) is 2.96. The smallest absolute Gasteiger partial charge is 0.407 e. The minimum absolute atomic E-state index is 0.319. The van der Waals surface area contributed by atoms with Gasteiger partial charge in [0, 0.05) is 12.8 Å². The van der Waals surface area contributed by atoms with E-state index in [1.165, 1.54) is 0 Å². The van der Waals surface area contributed by atoms with Crippen molar-refractivity contribution in [1.29, 1.82) is 0 Å². The topological polar surface area (TPSA) is 49.3 Å². The molecule has 3 nitrogen and oxygen atoms in total. The monoisotopic (exact) mass is 161 g/mol. The van der Waals surface area contributed by atoms with Crippen molar-refractivity contribution in [3.05, 3.63) is 0 Å². The largest absolute Gasteiger partial charge is 0.465 e. The molecule has 0 atom stereocenters. The van der Waals surface area contributed by atoms with Gasteiger partial charge in [-0.1, -0.05) is 6.42 Å². The fraction of sp³-hybridized carbons (Fsp3) is 0.857. The minimum Gasteiger partial charge on any atom is -0.465 e. The van der Waals surface area contributed by atoms with Crippen LogP contribution in [0.4, 0.5) is 9.18 Å². The van der Waals surface area contributed by atoms with E-state index in [1.807, 2.05) is 5.32 Å². The summed E-state index contributed by atoms with van der Waals surface area (Å²) < 4.78 is 13.3. The molecule has 11 heavy (non-hydrogen) atoms. The molecule has 1 saturated carbocycles. The molecule has 0 bridgehead atoms. The fourth-order valence-electron chi connectivity index (χ4n) is 1.43. The second kappa shape index (κ2) is 3.07. The lowest BCUT2D eigenvalue weighted by Gasteiger charge is -2.28. The van der Waals surface area contributed by atoms with E-state index in [0.29, 0.717) is 12.8 Å². The molecule has 1 amide bonds. The molecular formula is C7H12FNO2. The van der Waals surface area contributed by atoms with Crippen LogP contribution in [0, 0.1) is 0 Å². The lowest BCUT2D eigenvalue weighted by molar-refractivity contribution is 0.0653. The van der Waals surface area contributed by atoms with Gasteiger partial charge in [0.15, 0.2) is 5.79 Å². The maximum absolute atomic E-state index is 13.3. The van der Waals surface area contributed by atoms with Gasteiger partial charge in [-0.3, -0.25) is 5.32 Å². The van der Waals surface area contributed by atoms with Crippen LogP contribution in [0.5, 0.6) is 0 Å². The Bertz CT molecular complexity index is 155. The maximum atomic E-state index is 13.3. The van der Waals surface area contributed by atoms with Gasteiger partial charge in [0.05, 0.1) is 0 Å². The molecule has 64 valence electrons. The molecule has 1 aliphatic carbocycles. The molecule has 1 fully saturated rings. The summed E-state index contributed by atoms with van der Waals surface area (Å²) in [7, 11) is 0. The Balaban J connectivity index is 2.43. The highest BCUT2D eigenvalue weighted by Gasteiger charge is 2.32. The summed E-state index contributed by atoms with van der Waals surface area (Å²) in [5, 5.41) is 10.2. The molecule has 0 aromatic carbocycles. The van der Waals surface area contributed by atoms with Crippen molar-refractivity contribution in [3.63, 3.8) is 0 Å². The van der Waals surface area contributed by atoms with Gasteiger partial charge in [-0.2, -0.15) is 0 Å². The highest BCUT2D eigenvalue weighted by molar-refractivity contribution is 5.65. The van der Waals surface area contributed by atoms with Crippen LogP contribution in [-0.2, 0) is 0 Å². The van der Waals surface area contributed by atoms with Gasteiger partial charge in [-0.15, -0.1) is 0 Å². The standard InChI is InChI=1S/C7H12FNO2/c8-7(9-6(10)11)4-2-1-3-5-7/h9H,1-5H2,(H,10,11). The summed E-state index contributed by atoms with van der Waals surface area (Å²) in [5.41, 5.74) is 0. The average molecular weight is 161 g/mol. The molecule has 0 spiro atoms. The number of halogens is 1. The van der Waals surface area contributed by atoms with Gasteiger partial charge in [0.2, 0.25) is 0 Å². The lowest BCUT2D eigenvalue weighted by Crippen LogP contribution is -2.45. The Kier molecular flexibility index (Phi) is 2.31. The summed E-state index contributed by atoms with van der Waals surface area (Å²) in [4.78, 5) is 10.1. The zero-order valence-electron chi connectivity index (χ0n) is 6.27. The number of nitrogens with one attached hydrogen (secondary N) is 1. The lowest BCUT2D eigenvalue weighted by atomic mass is 9.93. The van der Waals surface area contributed by atoms with E-state index < -0.39 is 11.9 Å². The molecule has 0 aromatic heterocycles. The van der Waals surface area contributed by atoms with Gasteiger partial charge in [-0.05, 0) is 12.8 Å². The van der Waals surface area contributed by atoms with Gasteiger partial charge in [0.1, 0.15) is 0 Å². The summed E-state index contributed by atoms with van der Waals surface area (Å²) >= 11 is 0. The Morgan fingerprint density at radius 2 is 1.91 bits per heavy atom. The van der Waals surface area contributed by atoms with E-state index in [4.69, 9.17) is 5.11 Å². The molecule has 1 rings (SSSR count). The number of hydrogen-bond donors (Lipinski definition) is 2. The van der Waals surface area contributed by atoms with E-state index in [1.54, 1.807) is 0 Å². The minimum atomic E-state index is -1.65. The number of rotatable bonds is 1. The molecule has 0 aliphatic heterocycles. The van der Waals surface area contributed by atoms with Crippen LogP contribution in [0.3, 0.4) is 0 Å². The van der Waals surface area contributed by atoms with Crippen molar-refractivity contribution in [2.75, 3.05) is 0 Å². The third-order valence-electron chi connectivity index (χ3n) is 1.98. The maximum Gasteiger partial charge on any atom is 0.407 e. The highest BCUT2D eigenvalue weighted by Crippen LogP contribution is 2.28. The normalized spacial score (nSPS) is 22.6. The van der Waals surface area contributed by atoms with Crippen molar-refractivity contribution >= 4 is 6.09 Å². The molecule has 1 aliphatic rings. The van der Waals surface area contributed by atoms with Crippen LogP contribution in [0.1, 0.15) is 32.1 Å². The number of carboxylic acid groups (broad SMARTS) is 1. The van der Waals surface area contributed by atoms with Crippen LogP contribution < -0.4 is 5.32 Å². The number of hydrogen-bond acceptors (Lipinski definition) is 1. The van der Waals surface area contributed by atoms with Crippen LogP contribution in [-0.4, -0.2) is 17.0 Å². The van der Waals surface area contributed by atoms with Crippen molar-refractivity contribution in [1.82, 2.24) is 5.32 Å². The van der Waals surface area contributed by atoms with Crippen LogP contribution in [0.15, 0.2) is 0 Å². The first-order valence-corrected chi connectivity index (χ1v) is 3.82. The Morgan fingerprint density at radius 1 is 1.36 bits per heavy atom. The van der Waals surface area contributed by atoms with Crippen molar-refractivity contribution in [2.45, 2.75) is 37.9 Å². The van der Waals surface area contributed by atoms with Gasteiger partial charge < -0.3 is 5.11 Å². The summed E-state index contributed by atoms with van der Waals surface area (Å²) in [6.45, 7) is 0. The third kappa shape index (κ3) is 2.37. The number of carbonyl (C=O) groups is 1. The first kappa shape index (κ1) is 8.30. The van der Waals surface area contributed by atoms with Crippen LogP contribution in [0.25, 0.3) is 0 Å². The average Bonchev–Trinajstić information content (AvgIpc) is 1.85. The number of amides is 1. The van der Waals surface area contributed by atoms with Gasteiger partial charge in [-0.25, -0.2) is 9.18 Å². The SMILES string of the molecule is O=C(O)NC1(F)CCCCC1. The van der Waals surface area contributed by atoms with E-state index in [-0.39, 0.29) is 0 Å². The Hall–Kier alpha value is -0.800. The molecule has 0 radical (unpaired) electrons. The highest BCUT2D eigenvalue weighted by atomic mass is 19.1. The zero-order chi connectivity index (χ0) is 8.32. The molecule has 4 heteroatoms. The van der Waals surface area contributed by atoms with Crippen molar-refractivity contribution in [3.8, 4) is 0 Å². The molecule has 2 N–H and O–H groups in total. The third-order valence-corrected chi connectivity index (χ3v) is 1.98. The molecule has 0 saturated heterocycles.